The summed E-state index contributed by atoms with van der Waals surface area (Å²) in [6.45, 7) is 3.77. The van der Waals surface area contributed by atoms with Crippen LogP contribution in [0.4, 0.5) is 0 Å². The molecule has 0 aliphatic carbocycles. The van der Waals surface area contributed by atoms with Gasteiger partial charge < -0.3 is 5.11 Å². The molecule has 1 aliphatic rings. The standard InChI is InChI=1S/C11H17N3O4S2/c1-7(2)10-14(8(6-19-10)11(15)16)20(17,18)9-4-5-12-13(9)3/h4-5,7-8,10H,6H2,1-3H3,(H,15,16). The third-order valence-corrected chi connectivity index (χ3v) is 6.88. The smallest absolute Gasteiger partial charge is 0.322 e. The Bertz CT molecular complexity index is 611. The molecule has 0 spiro atoms. The van der Waals surface area contributed by atoms with Crippen LogP contribution in [-0.2, 0) is 21.9 Å². The molecule has 0 amide bonds. The van der Waals surface area contributed by atoms with Crippen molar-refractivity contribution in [2.24, 2.45) is 13.0 Å². The molecule has 2 unspecified atom stereocenters. The van der Waals surface area contributed by atoms with Crippen molar-refractivity contribution in [1.29, 1.82) is 0 Å². The molecule has 1 aromatic heterocycles. The van der Waals surface area contributed by atoms with Crippen molar-refractivity contribution in [2.45, 2.75) is 30.3 Å². The lowest BCUT2D eigenvalue weighted by Gasteiger charge is -2.28. The normalized spacial score (nSPS) is 24.4. The predicted molar refractivity (Wildman–Crippen MR) is 74.7 cm³/mol. The molecular formula is C11H17N3O4S2. The lowest BCUT2D eigenvalue weighted by molar-refractivity contribution is -0.140. The fraction of sp³-hybridized carbons (Fsp3) is 0.636. The van der Waals surface area contributed by atoms with Crippen LogP contribution in [0.15, 0.2) is 17.3 Å². The van der Waals surface area contributed by atoms with Gasteiger partial charge in [-0.05, 0) is 12.0 Å². The van der Waals surface area contributed by atoms with Gasteiger partial charge >= 0.3 is 5.97 Å². The predicted octanol–water partition coefficient (Wildman–Crippen LogP) is 0.593. The van der Waals surface area contributed by atoms with Crippen LogP contribution in [0.25, 0.3) is 0 Å². The number of hydrogen-bond acceptors (Lipinski definition) is 5. The zero-order valence-corrected chi connectivity index (χ0v) is 13.1. The number of thioether (sulfide) groups is 1. The molecule has 1 aromatic rings. The van der Waals surface area contributed by atoms with Crippen molar-refractivity contribution < 1.29 is 18.3 Å². The third-order valence-electron chi connectivity index (χ3n) is 3.16. The van der Waals surface area contributed by atoms with Crippen molar-refractivity contribution in [3.63, 3.8) is 0 Å². The maximum atomic E-state index is 12.7. The number of aromatic nitrogens is 2. The van der Waals surface area contributed by atoms with Crippen LogP contribution in [0.1, 0.15) is 13.8 Å². The van der Waals surface area contributed by atoms with Gasteiger partial charge in [0.1, 0.15) is 6.04 Å². The summed E-state index contributed by atoms with van der Waals surface area (Å²) in [6, 6.07) is 0.349. The maximum absolute atomic E-state index is 12.7. The second kappa shape index (κ2) is 5.38. The second-order valence-corrected chi connectivity index (χ2v) is 7.89. The van der Waals surface area contributed by atoms with Crippen LogP contribution >= 0.6 is 11.8 Å². The Morgan fingerprint density at radius 2 is 2.20 bits per heavy atom. The Labute approximate surface area is 122 Å². The second-order valence-electron chi connectivity index (χ2n) is 4.95. The molecule has 1 N–H and O–H groups in total. The summed E-state index contributed by atoms with van der Waals surface area (Å²) in [4.78, 5) is 11.3. The first-order valence-electron chi connectivity index (χ1n) is 6.12. The molecule has 2 heterocycles. The van der Waals surface area contributed by atoms with Gasteiger partial charge in [-0.3, -0.25) is 9.48 Å². The van der Waals surface area contributed by atoms with Crippen molar-refractivity contribution in [1.82, 2.24) is 14.1 Å². The number of carboxylic acids is 1. The van der Waals surface area contributed by atoms with Gasteiger partial charge in [-0.15, -0.1) is 11.8 Å². The minimum Gasteiger partial charge on any atom is -0.480 e. The van der Waals surface area contributed by atoms with Crippen LogP contribution in [0, 0.1) is 5.92 Å². The Balaban J connectivity index is 2.50. The van der Waals surface area contributed by atoms with Gasteiger partial charge in [0, 0.05) is 12.8 Å². The highest BCUT2D eigenvalue weighted by molar-refractivity contribution is 8.01. The lowest BCUT2D eigenvalue weighted by Crippen LogP contribution is -2.47. The highest BCUT2D eigenvalue weighted by atomic mass is 32.2. The van der Waals surface area contributed by atoms with Crippen LogP contribution in [0.2, 0.25) is 0 Å². The first-order valence-corrected chi connectivity index (χ1v) is 8.61. The number of carbonyl (C=O) groups is 1. The average molecular weight is 319 g/mol. The SMILES string of the molecule is CC(C)C1SCC(C(=O)O)N1S(=O)(=O)c1ccnn1C. The van der Waals surface area contributed by atoms with E-state index in [9.17, 15) is 18.3 Å². The molecule has 1 aliphatic heterocycles. The summed E-state index contributed by atoms with van der Waals surface area (Å²) >= 11 is 1.36. The zero-order chi connectivity index (χ0) is 15.1. The van der Waals surface area contributed by atoms with Crippen molar-refractivity contribution >= 4 is 27.8 Å². The van der Waals surface area contributed by atoms with E-state index in [1.807, 2.05) is 13.8 Å². The summed E-state index contributed by atoms with van der Waals surface area (Å²) < 4.78 is 27.8. The molecule has 0 bridgehead atoms. The molecule has 2 rings (SSSR count). The van der Waals surface area contributed by atoms with Crippen LogP contribution in [0.5, 0.6) is 0 Å². The summed E-state index contributed by atoms with van der Waals surface area (Å²) in [6.07, 6.45) is 1.39. The van der Waals surface area contributed by atoms with Gasteiger partial charge in [0.2, 0.25) is 0 Å². The first-order chi connectivity index (χ1) is 9.26. The maximum Gasteiger partial charge on any atom is 0.322 e. The molecule has 2 atom stereocenters. The Kier molecular flexibility index (Phi) is 4.12. The van der Waals surface area contributed by atoms with Gasteiger partial charge in [0.25, 0.3) is 10.0 Å². The van der Waals surface area contributed by atoms with E-state index in [0.29, 0.717) is 0 Å². The zero-order valence-electron chi connectivity index (χ0n) is 11.4. The average Bonchev–Trinajstić information content (AvgIpc) is 2.94. The Morgan fingerprint density at radius 1 is 1.55 bits per heavy atom. The molecule has 1 fully saturated rings. The van der Waals surface area contributed by atoms with E-state index in [2.05, 4.69) is 5.10 Å². The summed E-state index contributed by atoms with van der Waals surface area (Å²) in [7, 11) is -2.36. The van der Waals surface area contributed by atoms with Gasteiger partial charge in [0.15, 0.2) is 5.03 Å². The molecule has 0 radical (unpaired) electrons. The van der Waals surface area contributed by atoms with E-state index >= 15 is 0 Å². The van der Waals surface area contributed by atoms with Gasteiger partial charge in [-0.25, -0.2) is 8.42 Å². The number of nitrogens with zero attached hydrogens (tertiary/aromatic N) is 3. The third kappa shape index (κ3) is 2.45. The number of rotatable bonds is 4. The highest BCUT2D eigenvalue weighted by Gasteiger charge is 2.48. The molecule has 0 saturated carbocycles. The summed E-state index contributed by atoms with van der Waals surface area (Å²) in [5.41, 5.74) is 0. The lowest BCUT2D eigenvalue weighted by atomic mass is 10.2. The molecule has 1 saturated heterocycles. The van der Waals surface area contributed by atoms with E-state index in [-0.39, 0.29) is 22.1 Å². The number of carboxylic acid groups (broad SMARTS) is 1. The largest absolute Gasteiger partial charge is 0.480 e. The van der Waals surface area contributed by atoms with Crippen molar-refractivity contribution in [3.8, 4) is 0 Å². The summed E-state index contributed by atoms with van der Waals surface area (Å²) in [5, 5.41) is 12.8. The Hall–Kier alpha value is -1.06. The monoisotopic (exact) mass is 319 g/mol. The molecule has 0 aromatic carbocycles. The number of hydrogen-bond donors (Lipinski definition) is 1. The molecule has 7 nitrogen and oxygen atoms in total. The van der Waals surface area contributed by atoms with Crippen LogP contribution in [0.3, 0.4) is 0 Å². The Morgan fingerprint density at radius 3 is 2.65 bits per heavy atom. The van der Waals surface area contributed by atoms with E-state index in [1.165, 1.54) is 35.8 Å². The van der Waals surface area contributed by atoms with Gasteiger partial charge in [-0.2, -0.15) is 9.40 Å². The van der Waals surface area contributed by atoms with Gasteiger partial charge in [-0.1, -0.05) is 13.8 Å². The fourth-order valence-corrected chi connectivity index (χ4v) is 6.03. The van der Waals surface area contributed by atoms with E-state index in [0.717, 1.165) is 4.31 Å². The van der Waals surface area contributed by atoms with E-state index in [4.69, 9.17) is 0 Å². The topological polar surface area (TPSA) is 92.5 Å². The number of sulfonamides is 1. The molecular weight excluding hydrogens is 302 g/mol. The van der Waals surface area contributed by atoms with E-state index in [1.54, 1.807) is 0 Å². The van der Waals surface area contributed by atoms with Crippen molar-refractivity contribution in [2.75, 3.05) is 5.75 Å². The summed E-state index contributed by atoms with van der Waals surface area (Å²) in [5.74, 6) is -0.839. The van der Waals surface area contributed by atoms with E-state index < -0.39 is 22.0 Å². The highest BCUT2D eigenvalue weighted by Crippen LogP contribution is 2.38. The van der Waals surface area contributed by atoms with Crippen molar-refractivity contribution in [3.05, 3.63) is 12.3 Å². The minimum absolute atomic E-state index is 0.0110. The molecule has 112 valence electrons. The number of aryl methyl sites for hydroxylation is 1. The first kappa shape index (κ1) is 15.3. The van der Waals surface area contributed by atoms with Crippen LogP contribution in [-0.4, -0.2) is 50.7 Å². The number of aliphatic carboxylic acids is 1. The minimum atomic E-state index is -3.88. The molecule has 20 heavy (non-hydrogen) atoms. The van der Waals surface area contributed by atoms with Gasteiger partial charge in [0.05, 0.1) is 11.6 Å². The molecule has 9 heteroatoms. The quantitative estimate of drug-likeness (QED) is 0.873. The van der Waals surface area contributed by atoms with Crippen LogP contribution < -0.4 is 0 Å². The fourth-order valence-electron chi connectivity index (χ4n) is 2.21.